The Kier molecular flexibility index (Phi) is 7.13. The van der Waals surface area contributed by atoms with Gasteiger partial charge in [-0.05, 0) is 31.2 Å². The Morgan fingerprint density at radius 2 is 1.56 bits per heavy atom. The highest BCUT2D eigenvalue weighted by Gasteiger charge is 2.31. The number of benzene rings is 1. The molecule has 0 aromatic heterocycles. The van der Waals surface area contributed by atoms with Crippen LogP contribution in [0.1, 0.15) is 57.4 Å². The third-order valence-electron chi connectivity index (χ3n) is 5.88. The SMILES string of the molecule is CCC(=O)N1CCC(N(Cc2ccccc2)C(=O)N2CCCCCC2)CC1. The number of hydrogen-bond acceptors (Lipinski definition) is 2. The van der Waals surface area contributed by atoms with Gasteiger partial charge in [0, 0.05) is 45.2 Å². The zero-order valence-electron chi connectivity index (χ0n) is 16.6. The first-order valence-corrected chi connectivity index (χ1v) is 10.6. The molecule has 0 unspecified atom stereocenters. The molecule has 0 aliphatic carbocycles. The summed E-state index contributed by atoms with van der Waals surface area (Å²) in [6.45, 7) is 5.84. The Morgan fingerprint density at radius 3 is 2.15 bits per heavy atom. The summed E-state index contributed by atoms with van der Waals surface area (Å²) in [5.41, 5.74) is 1.17. The summed E-state index contributed by atoms with van der Waals surface area (Å²) in [7, 11) is 0. The summed E-state index contributed by atoms with van der Waals surface area (Å²) < 4.78 is 0. The average Bonchev–Trinajstić information content (AvgIpc) is 3.01. The van der Waals surface area contributed by atoms with Gasteiger partial charge in [-0.2, -0.15) is 0 Å². The normalized spacial score (nSPS) is 18.9. The lowest BCUT2D eigenvalue weighted by molar-refractivity contribution is -0.132. The molecule has 2 aliphatic rings. The number of amides is 3. The molecule has 1 aromatic rings. The Bertz CT molecular complexity index is 603. The molecule has 27 heavy (non-hydrogen) atoms. The number of hydrogen-bond donors (Lipinski definition) is 0. The highest BCUT2D eigenvalue weighted by Crippen LogP contribution is 2.22. The molecule has 148 valence electrons. The van der Waals surface area contributed by atoms with E-state index in [0.717, 1.165) is 51.9 Å². The van der Waals surface area contributed by atoms with Crippen LogP contribution >= 0.6 is 0 Å². The van der Waals surface area contributed by atoms with E-state index in [0.29, 0.717) is 13.0 Å². The van der Waals surface area contributed by atoms with Crippen LogP contribution in [0.4, 0.5) is 4.79 Å². The average molecular weight is 372 g/mol. The number of carbonyl (C=O) groups excluding carboxylic acids is 2. The van der Waals surface area contributed by atoms with E-state index in [1.807, 2.05) is 30.0 Å². The molecule has 2 aliphatic heterocycles. The first-order chi connectivity index (χ1) is 13.2. The van der Waals surface area contributed by atoms with Crippen LogP contribution in [0.2, 0.25) is 0 Å². The van der Waals surface area contributed by atoms with E-state index in [1.54, 1.807) is 0 Å². The van der Waals surface area contributed by atoms with Crippen LogP contribution in [0.25, 0.3) is 0 Å². The first-order valence-electron chi connectivity index (χ1n) is 10.6. The number of rotatable bonds is 4. The van der Waals surface area contributed by atoms with E-state index in [9.17, 15) is 9.59 Å². The molecule has 1 aromatic carbocycles. The number of piperidine rings is 1. The molecule has 0 N–H and O–H groups in total. The van der Waals surface area contributed by atoms with Gasteiger partial charge in [-0.3, -0.25) is 4.79 Å². The lowest BCUT2D eigenvalue weighted by atomic mass is 10.0. The lowest BCUT2D eigenvalue weighted by Crippen LogP contribution is -2.52. The third kappa shape index (κ3) is 5.24. The van der Waals surface area contributed by atoms with E-state index in [4.69, 9.17) is 0 Å². The maximum Gasteiger partial charge on any atom is 0.320 e. The second-order valence-corrected chi connectivity index (χ2v) is 7.76. The van der Waals surface area contributed by atoms with Crippen LogP contribution in [0.3, 0.4) is 0 Å². The van der Waals surface area contributed by atoms with Crippen molar-refractivity contribution in [2.75, 3.05) is 26.2 Å². The van der Waals surface area contributed by atoms with Gasteiger partial charge in [0.1, 0.15) is 0 Å². The molecule has 5 heteroatoms. The zero-order chi connectivity index (χ0) is 19.1. The van der Waals surface area contributed by atoms with E-state index < -0.39 is 0 Å². The molecule has 3 rings (SSSR count). The molecule has 0 radical (unpaired) electrons. The van der Waals surface area contributed by atoms with Crippen molar-refractivity contribution in [1.29, 1.82) is 0 Å². The third-order valence-corrected chi connectivity index (χ3v) is 5.88. The highest BCUT2D eigenvalue weighted by atomic mass is 16.2. The summed E-state index contributed by atoms with van der Waals surface area (Å²) in [5, 5.41) is 0. The first kappa shape index (κ1) is 19.7. The van der Waals surface area contributed by atoms with Gasteiger partial charge >= 0.3 is 6.03 Å². The van der Waals surface area contributed by atoms with Crippen molar-refractivity contribution in [3.8, 4) is 0 Å². The number of likely N-dealkylation sites (tertiary alicyclic amines) is 2. The van der Waals surface area contributed by atoms with Crippen molar-refractivity contribution in [3.63, 3.8) is 0 Å². The number of nitrogens with zero attached hydrogens (tertiary/aromatic N) is 3. The van der Waals surface area contributed by atoms with E-state index in [1.165, 1.54) is 18.4 Å². The smallest absolute Gasteiger partial charge is 0.320 e. The predicted molar refractivity (Wildman–Crippen MR) is 107 cm³/mol. The van der Waals surface area contributed by atoms with Crippen molar-refractivity contribution in [2.24, 2.45) is 0 Å². The predicted octanol–water partition coefficient (Wildman–Crippen LogP) is 3.89. The summed E-state index contributed by atoms with van der Waals surface area (Å²) in [4.78, 5) is 31.5. The fraction of sp³-hybridized carbons (Fsp3) is 0.636. The van der Waals surface area contributed by atoms with Gasteiger partial charge in [-0.15, -0.1) is 0 Å². The molecule has 2 saturated heterocycles. The number of carbonyl (C=O) groups is 2. The van der Waals surface area contributed by atoms with Gasteiger partial charge in [0.15, 0.2) is 0 Å². The molecule has 0 saturated carbocycles. The van der Waals surface area contributed by atoms with E-state index in [-0.39, 0.29) is 18.0 Å². The minimum Gasteiger partial charge on any atom is -0.343 e. The second-order valence-electron chi connectivity index (χ2n) is 7.76. The Labute approximate surface area is 163 Å². The van der Waals surface area contributed by atoms with Crippen LogP contribution in [-0.4, -0.2) is 58.9 Å². The summed E-state index contributed by atoms with van der Waals surface area (Å²) in [6, 6.07) is 10.7. The van der Waals surface area contributed by atoms with Gasteiger partial charge in [0.05, 0.1) is 0 Å². The van der Waals surface area contributed by atoms with Crippen molar-refractivity contribution in [3.05, 3.63) is 35.9 Å². The van der Waals surface area contributed by atoms with Crippen molar-refractivity contribution in [1.82, 2.24) is 14.7 Å². The van der Waals surface area contributed by atoms with Crippen molar-refractivity contribution >= 4 is 11.9 Å². The van der Waals surface area contributed by atoms with Gasteiger partial charge in [0.25, 0.3) is 0 Å². The van der Waals surface area contributed by atoms with Gasteiger partial charge < -0.3 is 14.7 Å². The minimum atomic E-state index is 0.182. The maximum absolute atomic E-state index is 13.4. The van der Waals surface area contributed by atoms with Crippen LogP contribution in [0.5, 0.6) is 0 Å². The van der Waals surface area contributed by atoms with Crippen molar-refractivity contribution < 1.29 is 9.59 Å². The molecular formula is C22H33N3O2. The van der Waals surface area contributed by atoms with Crippen LogP contribution < -0.4 is 0 Å². The fourth-order valence-electron chi connectivity index (χ4n) is 4.23. The van der Waals surface area contributed by atoms with Crippen LogP contribution in [0.15, 0.2) is 30.3 Å². The standard InChI is InChI=1S/C22H33N3O2/c1-2-21(26)23-16-12-20(13-17-23)25(18-19-10-6-5-7-11-19)22(27)24-14-8-3-4-9-15-24/h5-7,10-11,20H,2-4,8-9,12-18H2,1H3. The largest absolute Gasteiger partial charge is 0.343 e. The fourth-order valence-corrected chi connectivity index (χ4v) is 4.23. The topological polar surface area (TPSA) is 43.9 Å². The molecule has 0 bridgehead atoms. The van der Waals surface area contributed by atoms with Gasteiger partial charge in [-0.1, -0.05) is 50.1 Å². The summed E-state index contributed by atoms with van der Waals surface area (Å²) in [6.07, 6.45) is 6.96. The van der Waals surface area contributed by atoms with Gasteiger partial charge in [0.2, 0.25) is 5.91 Å². The maximum atomic E-state index is 13.4. The van der Waals surface area contributed by atoms with Crippen LogP contribution in [-0.2, 0) is 11.3 Å². The molecule has 0 spiro atoms. The summed E-state index contributed by atoms with van der Waals surface area (Å²) in [5.74, 6) is 0.224. The van der Waals surface area contributed by atoms with Gasteiger partial charge in [-0.25, -0.2) is 4.79 Å². The quantitative estimate of drug-likeness (QED) is 0.806. The molecule has 2 fully saturated rings. The highest BCUT2D eigenvalue weighted by molar-refractivity contribution is 5.76. The molecule has 3 amide bonds. The minimum absolute atomic E-state index is 0.182. The monoisotopic (exact) mass is 371 g/mol. The molecule has 5 nitrogen and oxygen atoms in total. The lowest BCUT2D eigenvalue weighted by Gasteiger charge is -2.40. The zero-order valence-corrected chi connectivity index (χ0v) is 16.6. The Balaban J connectivity index is 1.71. The van der Waals surface area contributed by atoms with Crippen molar-refractivity contribution in [2.45, 2.75) is 64.5 Å². The molecule has 0 atom stereocenters. The summed E-state index contributed by atoms with van der Waals surface area (Å²) >= 11 is 0. The Hall–Kier alpha value is -2.04. The number of urea groups is 1. The van der Waals surface area contributed by atoms with E-state index in [2.05, 4.69) is 21.9 Å². The molecule has 2 heterocycles. The Morgan fingerprint density at radius 1 is 0.926 bits per heavy atom. The second kappa shape index (κ2) is 9.77. The van der Waals surface area contributed by atoms with E-state index >= 15 is 0 Å². The molecular weight excluding hydrogens is 338 g/mol. The van der Waals surface area contributed by atoms with Crippen LogP contribution in [0, 0.1) is 0 Å².